The van der Waals surface area contributed by atoms with E-state index in [9.17, 15) is 20.4 Å². The van der Waals surface area contributed by atoms with E-state index in [1.807, 2.05) is 6.92 Å². The van der Waals surface area contributed by atoms with Gasteiger partial charge in [0.05, 0.1) is 30.0 Å². The molecule has 0 bridgehead atoms. The summed E-state index contributed by atoms with van der Waals surface area (Å²) in [6.45, 7) is 3.58. The number of pyridine rings is 1. The van der Waals surface area contributed by atoms with Crippen LogP contribution in [0.25, 0.3) is 10.9 Å². The molecule has 172 valence electrons. The standard InChI is InChI=1S/C24H27N5O4/c1-4-24(31)10-8-23(15-25,9-11-24)28-14-17-12-19(21(33-3)13-18(17)27-28)26-22(30)20-7-5-6-16(2)29(20)32/h5-7,12-14,31H,4,8-11H2,1-3H3,(H,26,30). The summed E-state index contributed by atoms with van der Waals surface area (Å²) in [5.74, 6) is -0.167. The van der Waals surface area contributed by atoms with Gasteiger partial charge in [-0.25, -0.2) is 0 Å². The van der Waals surface area contributed by atoms with Crippen LogP contribution in [0.4, 0.5) is 5.69 Å². The van der Waals surface area contributed by atoms with Crippen LogP contribution in [-0.4, -0.2) is 33.5 Å². The molecule has 0 aliphatic heterocycles. The molecule has 1 aliphatic carbocycles. The van der Waals surface area contributed by atoms with Gasteiger partial charge in [0, 0.05) is 36.7 Å². The van der Waals surface area contributed by atoms with Gasteiger partial charge in [-0.15, -0.1) is 0 Å². The van der Waals surface area contributed by atoms with Crippen molar-refractivity contribution in [1.29, 1.82) is 5.26 Å². The maximum Gasteiger partial charge on any atom is 0.321 e. The number of aromatic nitrogens is 3. The fourth-order valence-corrected chi connectivity index (χ4v) is 4.37. The van der Waals surface area contributed by atoms with E-state index >= 15 is 0 Å². The van der Waals surface area contributed by atoms with Crippen molar-refractivity contribution in [2.24, 2.45) is 0 Å². The number of rotatable bonds is 5. The molecule has 0 spiro atoms. The summed E-state index contributed by atoms with van der Waals surface area (Å²) in [7, 11) is 1.48. The summed E-state index contributed by atoms with van der Waals surface area (Å²) in [6.07, 6.45) is 4.50. The van der Waals surface area contributed by atoms with Gasteiger partial charge < -0.3 is 20.4 Å². The van der Waals surface area contributed by atoms with E-state index in [4.69, 9.17) is 4.74 Å². The van der Waals surface area contributed by atoms with Crippen molar-refractivity contribution in [3.63, 3.8) is 0 Å². The highest BCUT2D eigenvalue weighted by molar-refractivity contribution is 6.04. The Morgan fingerprint density at radius 1 is 1.36 bits per heavy atom. The lowest BCUT2D eigenvalue weighted by atomic mass is 9.73. The number of benzene rings is 1. The lowest BCUT2D eigenvalue weighted by Gasteiger charge is -2.39. The van der Waals surface area contributed by atoms with Gasteiger partial charge in [0.1, 0.15) is 11.3 Å². The Morgan fingerprint density at radius 2 is 2.09 bits per heavy atom. The van der Waals surface area contributed by atoms with E-state index in [2.05, 4.69) is 16.5 Å². The van der Waals surface area contributed by atoms with Crippen molar-refractivity contribution in [2.75, 3.05) is 12.4 Å². The van der Waals surface area contributed by atoms with Gasteiger partial charge in [0.15, 0.2) is 5.69 Å². The first-order valence-electron chi connectivity index (χ1n) is 11.0. The van der Waals surface area contributed by atoms with Gasteiger partial charge in [-0.05, 0) is 44.2 Å². The van der Waals surface area contributed by atoms with Crippen LogP contribution in [0.3, 0.4) is 0 Å². The molecular formula is C24H27N5O4. The molecule has 1 fully saturated rings. The first-order valence-corrected chi connectivity index (χ1v) is 11.0. The molecule has 4 rings (SSSR count). The minimum atomic E-state index is -0.841. The Bertz CT molecular complexity index is 1250. The van der Waals surface area contributed by atoms with E-state index in [1.165, 1.54) is 13.2 Å². The van der Waals surface area contributed by atoms with Crippen LogP contribution in [0.1, 0.15) is 55.2 Å². The molecule has 1 amide bonds. The minimum Gasteiger partial charge on any atom is -0.618 e. The van der Waals surface area contributed by atoms with Gasteiger partial charge in [-0.2, -0.15) is 15.1 Å². The first-order chi connectivity index (χ1) is 15.7. The largest absolute Gasteiger partial charge is 0.618 e. The lowest BCUT2D eigenvalue weighted by molar-refractivity contribution is -0.614. The maximum absolute atomic E-state index is 12.8. The molecule has 1 saturated carbocycles. The zero-order valence-electron chi connectivity index (χ0n) is 19.0. The van der Waals surface area contributed by atoms with Crippen molar-refractivity contribution in [3.8, 4) is 11.8 Å². The average molecular weight is 450 g/mol. The molecule has 2 heterocycles. The molecule has 9 heteroatoms. The van der Waals surface area contributed by atoms with E-state index in [0.717, 1.165) is 5.39 Å². The third-order valence-corrected chi connectivity index (χ3v) is 6.75. The third-order valence-electron chi connectivity index (χ3n) is 6.75. The highest BCUT2D eigenvalue weighted by Crippen LogP contribution is 2.41. The maximum atomic E-state index is 12.8. The Hall–Kier alpha value is -3.64. The number of hydrogen-bond donors (Lipinski definition) is 2. The van der Waals surface area contributed by atoms with Crippen LogP contribution in [-0.2, 0) is 5.54 Å². The zero-order chi connectivity index (χ0) is 23.8. The number of fused-ring (bicyclic) bond motifs is 1. The third kappa shape index (κ3) is 3.98. The predicted octanol–water partition coefficient (Wildman–Crippen LogP) is 3.17. The highest BCUT2D eigenvalue weighted by Gasteiger charge is 2.43. The molecule has 2 N–H and O–H groups in total. The normalized spacial score (nSPS) is 22.6. The zero-order valence-corrected chi connectivity index (χ0v) is 19.0. The van der Waals surface area contributed by atoms with Crippen LogP contribution in [0.2, 0.25) is 0 Å². The van der Waals surface area contributed by atoms with E-state index in [0.29, 0.717) is 59.5 Å². The van der Waals surface area contributed by atoms with Gasteiger partial charge >= 0.3 is 5.91 Å². The Kier molecular flexibility index (Phi) is 5.72. The second kappa shape index (κ2) is 8.37. The molecular weight excluding hydrogens is 422 g/mol. The minimum absolute atomic E-state index is 0.0260. The smallest absolute Gasteiger partial charge is 0.321 e. The number of aryl methyl sites for hydroxylation is 1. The molecule has 1 aliphatic rings. The Labute approximate surface area is 191 Å². The van der Waals surface area contributed by atoms with Crippen LogP contribution >= 0.6 is 0 Å². The highest BCUT2D eigenvalue weighted by atomic mass is 16.5. The van der Waals surface area contributed by atoms with Gasteiger partial charge in [-0.1, -0.05) is 6.92 Å². The van der Waals surface area contributed by atoms with Crippen molar-refractivity contribution >= 4 is 22.5 Å². The van der Waals surface area contributed by atoms with Crippen molar-refractivity contribution < 1.29 is 19.4 Å². The summed E-state index contributed by atoms with van der Waals surface area (Å²) in [6, 6.07) is 10.6. The lowest BCUT2D eigenvalue weighted by Crippen LogP contribution is -2.43. The molecule has 3 aromatic rings. The fourth-order valence-electron chi connectivity index (χ4n) is 4.37. The number of hydrogen-bond acceptors (Lipinski definition) is 6. The molecule has 0 atom stereocenters. The number of amides is 1. The topological polar surface area (TPSA) is 127 Å². The Balaban J connectivity index is 1.68. The van der Waals surface area contributed by atoms with Gasteiger partial charge in [0.25, 0.3) is 5.69 Å². The number of aliphatic hydroxyl groups is 1. The summed E-state index contributed by atoms with van der Waals surface area (Å²) >= 11 is 0. The van der Waals surface area contributed by atoms with Crippen molar-refractivity contribution in [1.82, 2.24) is 9.78 Å². The van der Waals surface area contributed by atoms with Gasteiger partial charge in [-0.3, -0.25) is 9.48 Å². The Morgan fingerprint density at radius 3 is 2.73 bits per heavy atom. The second-order valence-corrected chi connectivity index (χ2v) is 8.71. The number of nitrogens with one attached hydrogen (secondary N) is 1. The molecule has 0 radical (unpaired) electrons. The predicted molar refractivity (Wildman–Crippen MR) is 122 cm³/mol. The van der Waals surface area contributed by atoms with E-state index in [-0.39, 0.29) is 5.69 Å². The summed E-state index contributed by atoms with van der Waals surface area (Å²) in [5, 5.41) is 40.9. The number of carbonyl (C=O) groups excluding carboxylic acids is 1. The quantitative estimate of drug-likeness (QED) is 0.455. The number of methoxy groups -OCH3 is 1. The van der Waals surface area contributed by atoms with Crippen LogP contribution in [0, 0.1) is 23.5 Å². The molecule has 1 aromatic carbocycles. The van der Waals surface area contributed by atoms with Gasteiger partial charge in [0.2, 0.25) is 0 Å². The molecule has 2 aromatic heterocycles. The molecule has 9 nitrogen and oxygen atoms in total. The average Bonchev–Trinajstić information content (AvgIpc) is 3.24. The molecule has 33 heavy (non-hydrogen) atoms. The second-order valence-electron chi connectivity index (χ2n) is 8.71. The van der Waals surface area contributed by atoms with E-state index in [1.54, 1.807) is 42.1 Å². The van der Waals surface area contributed by atoms with Crippen LogP contribution in [0.15, 0.2) is 36.5 Å². The van der Waals surface area contributed by atoms with Crippen molar-refractivity contribution in [2.45, 2.75) is 57.1 Å². The monoisotopic (exact) mass is 449 g/mol. The SMILES string of the molecule is CCC1(O)CCC(C#N)(n2cc3cc(NC(=O)c4cccc(C)[n+]4[O-])c(OC)cc3n2)CC1. The number of anilines is 1. The summed E-state index contributed by atoms with van der Waals surface area (Å²) in [4.78, 5) is 12.8. The fraction of sp³-hybridized carbons (Fsp3) is 0.417. The number of ether oxygens (including phenoxy) is 1. The van der Waals surface area contributed by atoms with E-state index < -0.39 is 17.0 Å². The number of nitrogens with zero attached hydrogens (tertiary/aromatic N) is 4. The summed E-state index contributed by atoms with van der Waals surface area (Å²) in [5.41, 5.74) is -0.178. The summed E-state index contributed by atoms with van der Waals surface area (Å²) < 4.78 is 7.69. The van der Waals surface area contributed by atoms with Crippen molar-refractivity contribution in [3.05, 3.63) is 53.1 Å². The number of carbonyl (C=O) groups is 1. The van der Waals surface area contributed by atoms with Crippen LogP contribution < -0.4 is 14.8 Å². The first kappa shape index (κ1) is 22.6. The van der Waals surface area contributed by atoms with Crippen LogP contribution in [0.5, 0.6) is 5.75 Å². The number of nitriles is 1. The molecule has 0 unspecified atom stereocenters. The molecule has 0 saturated heterocycles.